The highest BCUT2D eigenvalue weighted by molar-refractivity contribution is 8.77. The zero-order chi connectivity index (χ0) is 81.6. The Morgan fingerprint density at radius 2 is 1.55 bits per heavy atom. The van der Waals surface area contributed by atoms with E-state index in [0.29, 0.717) is 97.6 Å². The summed E-state index contributed by atoms with van der Waals surface area (Å²) in [5.41, 5.74) is 12.3. The van der Waals surface area contributed by atoms with E-state index in [1.807, 2.05) is 65.0 Å². The summed E-state index contributed by atoms with van der Waals surface area (Å²) < 4.78 is 149. The molecule has 3 aliphatic rings. The number of aromatic nitrogens is 3. The molecular weight excluding hydrogens is 1630 g/mol. The zero-order valence-corrected chi connectivity index (χ0v) is 70.3. The van der Waals surface area contributed by atoms with Gasteiger partial charge >= 0.3 is 29.5 Å². The molecule has 0 bridgehead atoms. The van der Waals surface area contributed by atoms with Crippen molar-refractivity contribution < 1.29 is 115 Å². The molecule has 1 saturated heterocycles. The molecule has 0 saturated carbocycles. The van der Waals surface area contributed by atoms with Crippen LogP contribution in [0.3, 0.4) is 0 Å². The topological polar surface area (TPSA) is 489 Å². The Balaban J connectivity index is 0.693. The Labute approximate surface area is 660 Å². The van der Waals surface area contributed by atoms with Gasteiger partial charge in [0.05, 0.1) is 84.4 Å². The highest BCUT2D eigenvalue weighted by Crippen LogP contribution is 2.66. The number of nitrogen functional groups attached to an aromatic ring is 1. The second kappa shape index (κ2) is 42.1. The Hall–Kier alpha value is -5.13. The largest absolute Gasteiger partial charge is 0.490 e. The van der Waals surface area contributed by atoms with Gasteiger partial charge in [-0.25, -0.2) is 24.0 Å². The van der Waals surface area contributed by atoms with Gasteiger partial charge in [0.25, 0.3) is 25.8 Å². The number of hydrogen-bond donors (Lipinski definition) is 12. The van der Waals surface area contributed by atoms with E-state index in [1.54, 1.807) is 40.0 Å². The number of carbonyl (C=O) groups is 2. The normalized spacial score (nSPS) is 18.8. The number of ether oxygens (including phenoxy) is 5. The van der Waals surface area contributed by atoms with Crippen molar-refractivity contribution >= 4 is 132 Å². The number of nitrogens with zero attached hydrogens (tertiary/aromatic N) is 4. The molecule has 0 spiro atoms. The molecule has 3 aliphatic heterocycles. The molecule has 3 amide bonds. The summed E-state index contributed by atoms with van der Waals surface area (Å²) in [6, 6.07) is 8.81. The molecule has 7 rings (SSSR count). The summed E-state index contributed by atoms with van der Waals surface area (Å²) >= 11 is 5.23. The Morgan fingerprint density at radius 1 is 0.856 bits per heavy atom. The molecule has 618 valence electrons. The van der Waals surface area contributed by atoms with Crippen LogP contribution in [0.2, 0.25) is 0 Å². The van der Waals surface area contributed by atoms with Crippen molar-refractivity contribution in [3.05, 3.63) is 106 Å². The van der Waals surface area contributed by atoms with E-state index < -0.39 is 101 Å². The number of fused-ring (bicyclic) bond motifs is 3. The smallest absolute Gasteiger partial charge is 0.378 e. The van der Waals surface area contributed by atoms with Gasteiger partial charge in [-0.3, -0.25) is 28.2 Å². The number of hydroxylamine groups is 1. The number of anilines is 2. The third-order valence-electron chi connectivity index (χ3n) is 17.5. The number of nitrogens with one attached hydrogen (secondary N) is 5. The second-order valence-electron chi connectivity index (χ2n) is 27.2. The van der Waals surface area contributed by atoms with E-state index in [2.05, 4.69) is 75.2 Å². The van der Waals surface area contributed by atoms with Gasteiger partial charge in [-0.05, 0) is 133 Å². The van der Waals surface area contributed by atoms with Crippen molar-refractivity contribution in [2.75, 3.05) is 114 Å². The van der Waals surface area contributed by atoms with Crippen molar-refractivity contribution in [1.29, 1.82) is 0 Å². The van der Waals surface area contributed by atoms with Crippen molar-refractivity contribution in [2.45, 2.75) is 150 Å². The third kappa shape index (κ3) is 28.9. The Kier molecular flexibility index (Phi) is 35.3. The molecule has 2 aromatic heterocycles. The highest BCUT2D eigenvalue weighted by atomic mass is 33.1. The first-order valence-corrected chi connectivity index (χ1v) is 47.7. The van der Waals surface area contributed by atoms with E-state index in [-0.39, 0.29) is 61.9 Å². The summed E-state index contributed by atoms with van der Waals surface area (Å²) in [6.07, 6.45) is 15.4. The first kappa shape index (κ1) is 93.0. The molecule has 13 N–H and O–H groups in total. The van der Waals surface area contributed by atoms with Crippen LogP contribution >= 0.6 is 45.1 Å². The number of unbranched alkanes of at least 4 members (excludes halogenated alkanes) is 4. The average molecular weight is 1730 g/mol. The molecule has 2 aromatic carbocycles. The number of nitrogens with two attached hydrogens (primary N) is 1. The average Bonchev–Trinajstić information content (AvgIpc) is 1.60. The summed E-state index contributed by atoms with van der Waals surface area (Å²) in [4.78, 5) is 89.9. The van der Waals surface area contributed by atoms with Crippen LogP contribution in [0.5, 0.6) is 0 Å². The minimum Gasteiger partial charge on any atom is -0.378 e. The molecule has 2 unspecified atom stereocenters. The van der Waals surface area contributed by atoms with Crippen molar-refractivity contribution in [1.82, 2.24) is 36.0 Å². The Morgan fingerprint density at radius 3 is 2.24 bits per heavy atom. The minimum absolute atomic E-state index is 0.0177. The number of rotatable bonds is 47. The van der Waals surface area contributed by atoms with Crippen LogP contribution < -0.4 is 37.6 Å². The van der Waals surface area contributed by atoms with E-state index in [1.165, 1.54) is 35.0 Å². The standard InChI is InChI=1S/C67H99N10O25P3S6/c1-9-75-52-26-24-48(110(88,89)90)40-50(52)66(4,5)56(75)21-13-10-14-22-57-67(6,7)51-41-49(111(91,92)93)25-27-53(51)76(57)33-17-11-15-23-58(78)69-31-36-94-38-39-95-37-32-72-98-35-28-65(2,3)108-107-45-96-34-18-12-16-29-70-64(80)71-30-19-20-47-43-77(61-60(47)62(79)74-63(68)73-61)59-42-54(97-46-109(8)106)55(100-59)44-99-104(84,85)102-105(86,87)101-103(81,82)83/h10,13-14,21-22,24-27,40-41,43,54-55,59,72H,9,11-12,15-18,23,28-39,42,44-46H2,1-8H3,(H11-,68,69,70,71,73,74,78,79,80,81,82,83,84,85,86,87,88,89,90,91,92,93)/p+1/t54-,55+,59+,109?/m0/s1. The van der Waals surface area contributed by atoms with Gasteiger partial charge in [0, 0.05) is 97.5 Å². The number of phosphoric acid groups is 3. The summed E-state index contributed by atoms with van der Waals surface area (Å²) in [5, 5.41) is 8.36. The molecule has 6 atom stereocenters. The van der Waals surface area contributed by atoms with Gasteiger partial charge in [-0.1, -0.05) is 75.0 Å². The number of amides is 3. The van der Waals surface area contributed by atoms with Crippen LogP contribution in [0.1, 0.15) is 129 Å². The number of benzene rings is 2. The predicted molar refractivity (Wildman–Crippen MR) is 425 cm³/mol. The molecule has 4 aromatic rings. The van der Waals surface area contributed by atoms with Crippen LogP contribution in [0, 0.1) is 11.8 Å². The molecule has 5 heterocycles. The fraction of sp³-hybridized carbons (Fsp3) is 0.567. The van der Waals surface area contributed by atoms with Gasteiger partial charge in [0.2, 0.25) is 17.5 Å². The quantitative estimate of drug-likeness (QED) is 0.00230. The number of hydrogen-bond acceptors (Lipinski definition) is 26. The van der Waals surface area contributed by atoms with Crippen molar-refractivity contribution in [2.24, 2.45) is 0 Å². The predicted octanol–water partition coefficient (Wildman–Crippen LogP) is 7.95. The lowest BCUT2D eigenvalue weighted by molar-refractivity contribution is -0.438. The van der Waals surface area contributed by atoms with Crippen LogP contribution in [0.4, 0.5) is 22.1 Å². The fourth-order valence-corrected chi connectivity index (χ4v) is 19.1. The van der Waals surface area contributed by atoms with Crippen LogP contribution in [-0.4, -0.2) is 203 Å². The summed E-state index contributed by atoms with van der Waals surface area (Å²) in [7, 11) is -23.1. The minimum atomic E-state index is -5.80. The molecule has 111 heavy (non-hydrogen) atoms. The molecule has 35 nitrogen and oxygen atoms in total. The third-order valence-corrected chi connectivity index (χ3v) is 26.8. The maximum absolute atomic E-state index is 13.2. The van der Waals surface area contributed by atoms with Gasteiger partial charge < -0.3 is 79.2 Å². The number of urea groups is 1. The highest BCUT2D eigenvalue weighted by Gasteiger charge is 2.47. The zero-order valence-electron chi connectivity index (χ0n) is 62.7. The van der Waals surface area contributed by atoms with Gasteiger partial charge in [-0.2, -0.15) is 35.0 Å². The number of carbonyl (C=O) groups excluding carboxylic acids is 2. The van der Waals surface area contributed by atoms with Crippen molar-refractivity contribution in [3.63, 3.8) is 0 Å². The van der Waals surface area contributed by atoms with Crippen molar-refractivity contribution in [3.8, 4) is 11.8 Å². The van der Waals surface area contributed by atoms with Crippen LogP contribution in [0.15, 0.2) is 93.3 Å². The first-order chi connectivity index (χ1) is 52.1. The first-order valence-electron chi connectivity index (χ1n) is 35.3. The van der Waals surface area contributed by atoms with Gasteiger partial charge in [0.15, 0.2) is 11.4 Å². The number of allylic oxidation sites excluding steroid dienone is 6. The van der Waals surface area contributed by atoms with Gasteiger partial charge in [-0.15, -0.1) is 0 Å². The molecule has 0 radical (unpaired) electrons. The summed E-state index contributed by atoms with van der Waals surface area (Å²) in [5.74, 6) is 5.89. The monoisotopic (exact) mass is 1730 g/mol. The second-order valence-corrected chi connectivity index (χ2v) is 40.5. The lowest BCUT2D eigenvalue weighted by Crippen LogP contribution is -2.36. The maximum Gasteiger partial charge on any atom is 0.490 e. The maximum atomic E-state index is 13.2. The van der Waals surface area contributed by atoms with E-state index in [9.17, 15) is 63.8 Å². The van der Waals surface area contributed by atoms with Crippen LogP contribution in [0.25, 0.3) is 11.0 Å². The lowest BCUT2D eigenvalue weighted by Gasteiger charge is -2.25. The number of H-pyrrole nitrogens is 1. The summed E-state index contributed by atoms with van der Waals surface area (Å²) in [6.45, 7) is 18.3. The number of aromatic amines is 1. The molecule has 0 aliphatic carbocycles. The number of likely N-dealkylation sites (N-methyl/N-ethyl adjacent to an activating group) is 1. The van der Waals surface area contributed by atoms with Gasteiger partial charge in [0.1, 0.15) is 24.8 Å². The van der Waals surface area contributed by atoms with E-state index in [4.69, 9.17) is 59.8 Å². The molecular formula is C67H100N10O25P3S6+. The fourth-order valence-electron chi connectivity index (χ4n) is 12.2. The molecule has 44 heteroatoms. The van der Waals surface area contributed by atoms with E-state index in [0.717, 1.165) is 66.0 Å². The van der Waals surface area contributed by atoms with E-state index >= 15 is 0 Å². The SMILES string of the molecule is CCN1\C(=C/C=C/C=C/C2=[N+](CCCCCC(=O)NCCOCCOCCNOCCC(C)(C)SSCOCCCCCNC(=O)NCC#Cc3cn([C@H]4C[C@H](OCS(C)=S)[C@@H](COP(=O)(O)O[P@@](=O)(O)OP(=O)(O)O)O4)c4nc(N)[nH]c(=O)c34)c3ccc(S(=O)(=O)O)cc3C2(C)C)C(C)(C)c2cc(S(=O)(=O)O)ccc21. The molecule has 1 fully saturated rings. The van der Waals surface area contributed by atoms with Crippen LogP contribution in [-0.2, 0) is 112 Å². The lowest BCUT2D eigenvalue weighted by atomic mass is 9.81. The Bertz CT molecular complexity index is 4580. The number of phosphoric ester groups is 1.